The van der Waals surface area contributed by atoms with Crippen molar-refractivity contribution in [3.63, 3.8) is 0 Å². The minimum atomic E-state index is 0.343. The highest BCUT2D eigenvalue weighted by atomic mass is 16.5. The first kappa shape index (κ1) is 24.4. The molecule has 4 atom stereocenters. The van der Waals surface area contributed by atoms with E-state index < -0.39 is 0 Å². The minimum absolute atomic E-state index is 0.343. The summed E-state index contributed by atoms with van der Waals surface area (Å²) < 4.78 is 6.44. The molecule has 1 fully saturated rings. The number of rotatable bonds is 10. The molecule has 1 N–H and O–H groups in total. The molecule has 1 aliphatic carbocycles. The molecule has 33 heavy (non-hydrogen) atoms. The summed E-state index contributed by atoms with van der Waals surface area (Å²) in [4.78, 5) is 2.60. The molecule has 1 aliphatic heterocycles. The van der Waals surface area contributed by atoms with Crippen LogP contribution in [0.25, 0.3) is 0 Å². The first-order valence-electron chi connectivity index (χ1n) is 13.2. The monoisotopic (exact) mass is 448 g/mol. The number of hydrogen-bond donors (Lipinski definition) is 1. The molecule has 1 heterocycles. The Bertz CT molecular complexity index is 836. The van der Waals surface area contributed by atoms with Crippen molar-refractivity contribution < 1.29 is 4.74 Å². The lowest BCUT2D eigenvalue weighted by Crippen LogP contribution is -2.45. The van der Waals surface area contributed by atoms with Gasteiger partial charge in [-0.3, -0.25) is 4.90 Å². The molecule has 0 amide bonds. The summed E-state index contributed by atoms with van der Waals surface area (Å²) in [6.45, 7) is 13.0. The number of nitrogens with zero attached hydrogens (tertiary/aromatic N) is 1. The van der Waals surface area contributed by atoms with Crippen molar-refractivity contribution >= 4 is 0 Å². The number of nitrogens with one attached hydrogen (secondary N) is 1. The third-order valence-electron chi connectivity index (χ3n) is 8.12. The first-order chi connectivity index (χ1) is 16.1. The van der Waals surface area contributed by atoms with Gasteiger partial charge in [0.1, 0.15) is 0 Å². The summed E-state index contributed by atoms with van der Waals surface area (Å²) >= 11 is 0. The van der Waals surface area contributed by atoms with Gasteiger partial charge in [-0.05, 0) is 59.6 Å². The smallest absolute Gasteiger partial charge is 0.0632 e. The van der Waals surface area contributed by atoms with Crippen LogP contribution in [-0.4, -0.2) is 37.2 Å². The van der Waals surface area contributed by atoms with Crippen molar-refractivity contribution in [2.24, 2.45) is 23.7 Å². The van der Waals surface area contributed by atoms with Gasteiger partial charge in [0.15, 0.2) is 0 Å². The predicted molar refractivity (Wildman–Crippen MR) is 138 cm³/mol. The number of benzene rings is 2. The fraction of sp³-hybridized carbons (Fsp3) is 0.600. The molecule has 3 nitrogen and oxygen atoms in total. The standard InChI is InChI=1S/C30H44N2O/c1-23(2)27-14-13-24(3)29(17-27)21-33-22-30(31-18-25-9-5-4-6-10-25)20-32-16-15-26-11-7-8-12-28(26)19-32/h4-12,23-24,27,29-31H,13-22H2,1-3H3. The van der Waals surface area contributed by atoms with Gasteiger partial charge in [-0.2, -0.15) is 0 Å². The van der Waals surface area contributed by atoms with E-state index in [1.165, 1.54) is 36.0 Å². The Morgan fingerprint density at radius 2 is 1.76 bits per heavy atom. The maximum Gasteiger partial charge on any atom is 0.0632 e. The van der Waals surface area contributed by atoms with Crippen molar-refractivity contribution in [3.05, 3.63) is 71.3 Å². The highest BCUT2D eigenvalue weighted by Gasteiger charge is 2.29. The van der Waals surface area contributed by atoms with E-state index in [1.54, 1.807) is 0 Å². The summed E-state index contributed by atoms with van der Waals surface area (Å²) in [6.07, 6.45) is 5.25. The maximum absolute atomic E-state index is 6.44. The normalized spacial score (nSPS) is 24.5. The Hall–Kier alpha value is -1.68. The van der Waals surface area contributed by atoms with Crippen LogP contribution in [0.4, 0.5) is 0 Å². The van der Waals surface area contributed by atoms with Crippen LogP contribution in [0.1, 0.15) is 56.7 Å². The highest BCUT2D eigenvalue weighted by Crippen LogP contribution is 2.37. The lowest BCUT2D eigenvalue weighted by molar-refractivity contribution is 0.0269. The maximum atomic E-state index is 6.44. The van der Waals surface area contributed by atoms with Crippen LogP contribution in [0.2, 0.25) is 0 Å². The second kappa shape index (κ2) is 12.1. The third kappa shape index (κ3) is 7.15. The van der Waals surface area contributed by atoms with E-state index in [0.717, 1.165) is 63.6 Å². The van der Waals surface area contributed by atoms with Crippen molar-refractivity contribution in [2.75, 3.05) is 26.3 Å². The van der Waals surface area contributed by atoms with E-state index in [1.807, 2.05) is 0 Å². The Kier molecular flexibility index (Phi) is 9.00. The first-order valence-corrected chi connectivity index (χ1v) is 13.2. The average Bonchev–Trinajstić information content (AvgIpc) is 2.84. The second-order valence-corrected chi connectivity index (χ2v) is 10.9. The Balaban J connectivity index is 1.32. The Morgan fingerprint density at radius 1 is 1.00 bits per heavy atom. The summed E-state index contributed by atoms with van der Waals surface area (Å²) in [6, 6.07) is 20.0. The van der Waals surface area contributed by atoms with Gasteiger partial charge in [0, 0.05) is 38.8 Å². The summed E-state index contributed by atoms with van der Waals surface area (Å²) in [5, 5.41) is 3.82. The summed E-state index contributed by atoms with van der Waals surface area (Å²) in [5.74, 6) is 3.16. The number of ether oxygens (including phenoxy) is 1. The molecule has 180 valence electrons. The van der Waals surface area contributed by atoms with Crippen molar-refractivity contribution in [1.29, 1.82) is 0 Å². The number of fused-ring (bicyclic) bond motifs is 1. The van der Waals surface area contributed by atoms with Crippen molar-refractivity contribution in [3.8, 4) is 0 Å². The molecular weight excluding hydrogens is 404 g/mol. The molecule has 2 aromatic carbocycles. The van der Waals surface area contributed by atoms with Gasteiger partial charge in [-0.15, -0.1) is 0 Å². The van der Waals surface area contributed by atoms with Gasteiger partial charge in [0.2, 0.25) is 0 Å². The molecule has 1 saturated carbocycles. The molecule has 2 aliphatic rings. The van der Waals surface area contributed by atoms with Crippen LogP contribution in [0, 0.1) is 23.7 Å². The van der Waals surface area contributed by atoms with Crippen LogP contribution in [-0.2, 0) is 24.2 Å². The fourth-order valence-electron chi connectivity index (χ4n) is 5.71. The molecule has 0 aromatic heterocycles. The molecular formula is C30H44N2O. The van der Waals surface area contributed by atoms with Gasteiger partial charge in [-0.1, -0.05) is 81.8 Å². The van der Waals surface area contributed by atoms with Gasteiger partial charge < -0.3 is 10.1 Å². The molecule has 0 radical (unpaired) electrons. The molecule has 4 rings (SSSR count). The molecule has 2 aromatic rings. The van der Waals surface area contributed by atoms with E-state index in [9.17, 15) is 0 Å². The van der Waals surface area contributed by atoms with Gasteiger partial charge in [-0.25, -0.2) is 0 Å². The van der Waals surface area contributed by atoms with E-state index in [-0.39, 0.29) is 0 Å². The quantitative estimate of drug-likeness (QED) is 0.488. The SMILES string of the molecule is CC(C)C1CCC(C)C(COCC(CN2CCc3ccccc3C2)NCc2ccccc2)C1. The Labute approximate surface area is 201 Å². The molecule has 0 spiro atoms. The number of hydrogen-bond acceptors (Lipinski definition) is 3. The molecule has 0 bridgehead atoms. The minimum Gasteiger partial charge on any atom is -0.379 e. The summed E-state index contributed by atoms with van der Waals surface area (Å²) in [5.41, 5.74) is 4.35. The Morgan fingerprint density at radius 3 is 2.55 bits per heavy atom. The lowest BCUT2D eigenvalue weighted by Gasteiger charge is -2.36. The molecule has 3 heteroatoms. The predicted octanol–water partition coefficient (Wildman–Crippen LogP) is 5.93. The highest BCUT2D eigenvalue weighted by molar-refractivity contribution is 5.29. The van der Waals surface area contributed by atoms with Gasteiger partial charge in [0.25, 0.3) is 0 Å². The van der Waals surface area contributed by atoms with Crippen LogP contribution < -0.4 is 5.32 Å². The van der Waals surface area contributed by atoms with E-state index in [4.69, 9.17) is 4.74 Å². The van der Waals surface area contributed by atoms with Crippen molar-refractivity contribution in [2.45, 2.75) is 65.6 Å². The largest absolute Gasteiger partial charge is 0.379 e. The van der Waals surface area contributed by atoms with E-state index in [2.05, 4.69) is 85.6 Å². The molecule has 4 unspecified atom stereocenters. The van der Waals surface area contributed by atoms with Crippen molar-refractivity contribution in [1.82, 2.24) is 10.2 Å². The van der Waals surface area contributed by atoms with E-state index >= 15 is 0 Å². The lowest BCUT2D eigenvalue weighted by atomic mass is 9.71. The summed E-state index contributed by atoms with van der Waals surface area (Å²) in [7, 11) is 0. The van der Waals surface area contributed by atoms with Crippen LogP contribution in [0.5, 0.6) is 0 Å². The van der Waals surface area contributed by atoms with Gasteiger partial charge >= 0.3 is 0 Å². The van der Waals surface area contributed by atoms with Gasteiger partial charge in [0.05, 0.1) is 6.61 Å². The molecule has 0 saturated heterocycles. The second-order valence-electron chi connectivity index (χ2n) is 10.9. The zero-order valence-corrected chi connectivity index (χ0v) is 21.0. The van der Waals surface area contributed by atoms with E-state index in [0.29, 0.717) is 12.0 Å². The zero-order valence-electron chi connectivity index (χ0n) is 21.0. The zero-order chi connectivity index (χ0) is 23.0. The average molecular weight is 449 g/mol. The van der Waals surface area contributed by atoms with Crippen LogP contribution in [0.15, 0.2) is 54.6 Å². The topological polar surface area (TPSA) is 24.5 Å². The van der Waals surface area contributed by atoms with Crippen LogP contribution >= 0.6 is 0 Å². The fourth-order valence-corrected chi connectivity index (χ4v) is 5.71. The third-order valence-corrected chi connectivity index (χ3v) is 8.12. The van der Waals surface area contributed by atoms with Crippen LogP contribution in [0.3, 0.4) is 0 Å².